The summed E-state index contributed by atoms with van der Waals surface area (Å²) in [5.41, 5.74) is 1.02. The van der Waals surface area contributed by atoms with Gasteiger partial charge in [-0.3, -0.25) is 14.4 Å². The van der Waals surface area contributed by atoms with Crippen LogP contribution in [0.2, 0.25) is 0 Å². The highest BCUT2D eigenvalue weighted by molar-refractivity contribution is 6.23. The molecule has 1 saturated heterocycles. The Morgan fingerprint density at radius 1 is 1.21 bits per heavy atom. The summed E-state index contributed by atoms with van der Waals surface area (Å²) >= 11 is 0. The molecule has 0 spiro atoms. The molecular weight excluding hydrogens is 246 g/mol. The van der Waals surface area contributed by atoms with Crippen molar-refractivity contribution in [2.45, 2.75) is 13.0 Å². The molecule has 6 nitrogen and oxygen atoms in total. The van der Waals surface area contributed by atoms with Gasteiger partial charge in [0.25, 0.3) is 5.91 Å². The van der Waals surface area contributed by atoms with E-state index < -0.39 is 12.0 Å². The lowest BCUT2D eigenvalue weighted by molar-refractivity contribution is -0.122. The van der Waals surface area contributed by atoms with Crippen molar-refractivity contribution in [2.24, 2.45) is 16.1 Å². The standard InChI is InChI=1S/C13H11N3O3/c1-7(17)8-2-4-9(5-3-8)16-12(18)10-6-14-15-11(10)13(16)19/h2-5,10-11H,6H2,1H3/t10-,11+/m0/s1. The molecule has 0 N–H and O–H groups in total. The van der Waals surface area contributed by atoms with Crippen molar-refractivity contribution in [3.63, 3.8) is 0 Å². The highest BCUT2D eigenvalue weighted by Crippen LogP contribution is 2.32. The van der Waals surface area contributed by atoms with E-state index in [1.165, 1.54) is 6.92 Å². The van der Waals surface area contributed by atoms with E-state index >= 15 is 0 Å². The van der Waals surface area contributed by atoms with Gasteiger partial charge in [0, 0.05) is 5.56 Å². The third kappa shape index (κ3) is 1.68. The van der Waals surface area contributed by atoms with Crippen LogP contribution in [0.5, 0.6) is 0 Å². The number of anilines is 1. The Balaban J connectivity index is 1.94. The van der Waals surface area contributed by atoms with Crippen LogP contribution in [0, 0.1) is 5.92 Å². The van der Waals surface area contributed by atoms with Crippen molar-refractivity contribution in [1.29, 1.82) is 0 Å². The van der Waals surface area contributed by atoms with Crippen LogP contribution in [0.4, 0.5) is 5.69 Å². The summed E-state index contributed by atoms with van der Waals surface area (Å²) in [5.74, 6) is -1.13. The van der Waals surface area contributed by atoms with Gasteiger partial charge in [0.2, 0.25) is 5.91 Å². The SMILES string of the molecule is CC(=O)c1ccc(N2C(=O)[C@H]3CN=N[C@H]3C2=O)cc1. The van der Waals surface area contributed by atoms with E-state index in [2.05, 4.69) is 10.2 Å². The van der Waals surface area contributed by atoms with Gasteiger partial charge in [0.1, 0.15) is 0 Å². The van der Waals surface area contributed by atoms with E-state index in [4.69, 9.17) is 0 Å². The minimum atomic E-state index is -0.667. The Morgan fingerprint density at radius 3 is 2.47 bits per heavy atom. The Bertz CT molecular complexity index is 606. The monoisotopic (exact) mass is 257 g/mol. The van der Waals surface area contributed by atoms with Crippen molar-refractivity contribution >= 4 is 23.3 Å². The van der Waals surface area contributed by atoms with Gasteiger partial charge in [-0.05, 0) is 31.2 Å². The second-order valence-corrected chi connectivity index (χ2v) is 4.61. The summed E-state index contributed by atoms with van der Waals surface area (Å²) in [6.45, 7) is 1.74. The number of imide groups is 1. The minimum absolute atomic E-state index is 0.0590. The highest BCUT2D eigenvalue weighted by atomic mass is 16.2. The number of amides is 2. The topological polar surface area (TPSA) is 79.2 Å². The van der Waals surface area contributed by atoms with Gasteiger partial charge in [0.15, 0.2) is 11.8 Å². The molecule has 19 heavy (non-hydrogen) atoms. The van der Waals surface area contributed by atoms with Crippen LogP contribution in [0.3, 0.4) is 0 Å². The normalized spacial score (nSPS) is 25.0. The van der Waals surface area contributed by atoms with Crippen molar-refractivity contribution < 1.29 is 14.4 Å². The summed E-state index contributed by atoms with van der Waals surface area (Å²) in [6.07, 6.45) is 0. The highest BCUT2D eigenvalue weighted by Gasteiger charge is 2.50. The Hall–Kier alpha value is -2.37. The summed E-state index contributed by atoms with van der Waals surface area (Å²) in [4.78, 5) is 36.6. The molecule has 0 unspecified atom stereocenters. The third-order valence-corrected chi connectivity index (χ3v) is 3.41. The minimum Gasteiger partial charge on any atom is -0.295 e. The first-order valence-electron chi connectivity index (χ1n) is 5.95. The van der Waals surface area contributed by atoms with Gasteiger partial charge in [-0.1, -0.05) is 0 Å². The van der Waals surface area contributed by atoms with Crippen molar-refractivity contribution in [2.75, 3.05) is 11.4 Å². The predicted octanol–water partition coefficient (Wildman–Crippen LogP) is 1.21. The summed E-state index contributed by atoms with van der Waals surface area (Å²) in [5, 5.41) is 7.56. The molecule has 2 amide bonds. The molecule has 2 atom stereocenters. The van der Waals surface area contributed by atoms with Gasteiger partial charge < -0.3 is 0 Å². The maximum Gasteiger partial charge on any atom is 0.261 e. The molecule has 0 bridgehead atoms. The number of carbonyl (C=O) groups is 3. The van der Waals surface area contributed by atoms with Crippen LogP contribution in [-0.2, 0) is 9.59 Å². The van der Waals surface area contributed by atoms with Crippen LogP contribution < -0.4 is 4.90 Å². The summed E-state index contributed by atoms with van der Waals surface area (Å²) in [6, 6.07) is 5.75. The van der Waals surface area contributed by atoms with E-state index in [-0.39, 0.29) is 24.1 Å². The molecular formula is C13H11N3O3. The number of rotatable bonds is 2. The van der Waals surface area contributed by atoms with Crippen LogP contribution in [-0.4, -0.2) is 30.2 Å². The van der Waals surface area contributed by atoms with Gasteiger partial charge in [-0.15, -0.1) is 0 Å². The first-order valence-corrected chi connectivity index (χ1v) is 5.95. The fourth-order valence-corrected chi connectivity index (χ4v) is 2.34. The summed E-state index contributed by atoms with van der Waals surface area (Å²) < 4.78 is 0. The average Bonchev–Trinajstić information content (AvgIpc) is 2.95. The van der Waals surface area contributed by atoms with Gasteiger partial charge in [-0.2, -0.15) is 10.2 Å². The van der Waals surface area contributed by atoms with Gasteiger partial charge in [-0.25, -0.2) is 4.90 Å². The molecule has 0 aliphatic carbocycles. The second kappa shape index (κ2) is 4.08. The van der Waals surface area contributed by atoms with Crippen molar-refractivity contribution in [3.8, 4) is 0 Å². The zero-order chi connectivity index (χ0) is 13.6. The number of benzene rings is 1. The molecule has 1 aromatic carbocycles. The molecule has 6 heteroatoms. The van der Waals surface area contributed by atoms with Crippen LogP contribution in [0.25, 0.3) is 0 Å². The molecule has 96 valence electrons. The van der Waals surface area contributed by atoms with Crippen LogP contribution >= 0.6 is 0 Å². The molecule has 0 saturated carbocycles. The maximum atomic E-state index is 12.1. The molecule has 3 rings (SSSR count). The maximum absolute atomic E-state index is 12.1. The number of ketones is 1. The predicted molar refractivity (Wildman–Crippen MR) is 65.9 cm³/mol. The van der Waals surface area contributed by atoms with Crippen LogP contribution in [0.1, 0.15) is 17.3 Å². The first kappa shape index (κ1) is 11.7. The fraction of sp³-hybridized carbons (Fsp3) is 0.308. The van der Waals surface area contributed by atoms with E-state index in [1.807, 2.05) is 0 Å². The number of fused-ring (bicyclic) bond motifs is 1. The Morgan fingerprint density at radius 2 is 1.89 bits per heavy atom. The van der Waals surface area contributed by atoms with Crippen molar-refractivity contribution in [3.05, 3.63) is 29.8 Å². The zero-order valence-corrected chi connectivity index (χ0v) is 10.2. The smallest absolute Gasteiger partial charge is 0.261 e. The van der Waals surface area contributed by atoms with Crippen LogP contribution in [0.15, 0.2) is 34.5 Å². The fourth-order valence-electron chi connectivity index (χ4n) is 2.34. The molecule has 2 aliphatic heterocycles. The Labute approximate surface area is 109 Å². The number of carbonyl (C=O) groups excluding carboxylic acids is 3. The number of Topliss-reactive ketones (excluding diaryl/α,β-unsaturated/α-hetero) is 1. The third-order valence-electron chi connectivity index (χ3n) is 3.41. The van der Waals surface area contributed by atoms with Crippen molar-refractivity contribution in [1.82, 2.24) is 0 Å². The second-order valence-electron chi connectivity index (χ2n) is 4.61. The van der Waals surface area contributed by atoms with Gasteiger partial charge in [0.05, 0.1) is 18.2 Å². The molecule has 1 aromatic rings. The number of nitrogens with zero attached hydrogens (tertiary/aromatic N) is 3. The molecule has 0 radical (unpaired) electrons. The van der Waals surface area contributed by atoms with E-state index in [9.17, 15) is 14.4 Å². The average molecular weight is 257 g/mol. The largest absolute Gasteiger partial charge is 0.295 e. The first-order chi connectivity index (χ1) is 9.09. The Kier molecular flexibility index (Phi) is 2.51. The quantitative estimate of drug-likeness (QED) is 0.590. The zero-order valence-electron chi connectivity index (χ0n) is 10.2. The number of hydrogen-bond donors (Lipinski definition) is 0. The number of hydrogen-bond acceptors (Lipinski definition) is 5. The summed E-state index contributed by atoms with van der Waals surface area (Å²) in [7, 11) is 0. The molecule has 2 heterocycles. The molecule has 2 aliphatic rings. The van der Waals surface area contributed by atoms with E-state index in [1.54, 1.807) is 24.3 Å². The van der Waals surface area contributed by atoms with E-state index in [0.717, 1.165) is 4.90 Å². The lowest BCUT2D eigenvalue weighted by atomic mass is 10.1. The van der Waals surface area contributed by atoms with Gasteiger partial charge >= 0.3 is 0 Å². The lowest BCUT2D eigenvalue weighted by Crippen LogP contribution is -2.32. The number of azo groups is 1. The molecule has 0 aromatic heterocycles. The van der Waals surface area contributed by atoms with E-state index in [0.29, 0.717) is 11.3 Å². The lowest BCUT2D eigenvalue weighted by Gasteiger charge is -2.14. The molecule has 1 fully saturated rings.